The van der Waals surface area contributed by atoms with E-state index in [2.05, 4.69) is 0 Å². The Hall–Kier alpha value is -3.22. The summed E-state index contributed by atoms with van der Waals surface area (Å²) in [6.07, 6.45) is 2.89. The molecule has 0 heterocycles. The first-order valence-corrected chi connectivity index (χ1v) is 10.1. The number of rotatable bonds is 4. The minimum Gasteiger partial charge on any atom is -0.504 e. The number of ether oxygens (including phenoxy) is 2. The zero-order chi connectivity index (χ0) is 23.2. The molecule has 0 aliphatic heterocycles. The van der Waals surface area contributed by atoms with Crippen LogP contribution in [0.3, 0.4) is 0 Å². The predicted molar refractivity (Wildman–Crippen MR) is 112 cm³/mol. The number of carbonyl (C=O) groups excluding carboxylic acids is 4. The molecule has 7 nitrogen and oxygen atoms in total. The summed E-state index contributed by atoms with van der Waals surface area (Å²) in [6.45, 7) is 9.48. The molecule has 164 valence electrons. The SMILES string of the molecule is CC(=O)OC1=C(C[C@H](C)OC(C)=O)C(=O)C(O)=C2C1=CC=C1C(C)=C(C)C(=O)C[C@@]12C. The lowest BCUT2D eigenvalue weighted by molar-refractivity contribution is -0.146. The van der Waals surface area contributed by atoms with Gasteiger partial charge in [0.25, 0.3) is 0 Å². The highest BCUT2D eigenvalue weighted by Crippen LogP contribution is 2.55. The van der Waals surface area contributed by atoms with Gasteiger partial charge in [0.05, 0.1) is 5.57 Å². The van der Waals surface area contributed by atoms with Crippen molar-refractivity contribution in [3.8, 4) is 0 Å². The van der Waals surface area contributed by atoms with Crippen LogP contribution in [-0.2, 0) is 28.7 Å². The normalized spacial score (nSPS) is 24.3. The molecule has 1 N–H and O–H groups in total. The maximum Gasteiger partial charge on any atom is 0.308 e. The van der Waals surface area contributed by atoms with Crippen LogP contribution in [0, 0.1) is 5.41 Å². The third-order valence-corrected chi connectivity index (χ3v) is 6.08. The molecule has 3 aliphatic carbocycles. The van der Waals surface area contributed by atoms with Crippen LogP contribution in [0.4, 0.5) is 0 Å². The second-order valence-corrected chi connectivity index (χ2v) is 8.42. The number of ketones is 2. The molecule has 0 fully saturated rings. The third-order valence-electron chi connectivity index (χ3n) is 6.08. The maximum atomic E-state index is 13.2. The Morgan fingerprint density at radius 2 is 1.77 bits per heavy atom. The summed E-state index contributed by atoms with van der Waals surface area (Å²) in [5.41, 5.74) is 2.04. The first kappa shape index (κ1) is 22.5. The zero-order valence-corrected chi connectivity index (χ0v) is 18.5. The molecule has 2 atom stereocenters. The van der Waals surface area contributed by atoms with Crippen LogP contribution in [0.15, 0.2) is 57.1 Å². The number of allylic oxidation sites excluding steroid dienone is 7. The van der Waals surface area contributed by atoms with Crippen LogP contribution in [0.25, 0.3) is 0 Å². The first-order valence-electron chi connectivity index (χ1n) is 10.1. The second kappa shape index (κ2) is 7.80. The minimum absolute atomic E-state index is 0.0252. The molecule has 0 spiro atoms. The van der Waals surface area contributed by atoms with Crippen molar-refractivity contribution < 1.29 is 33.8 Å². The quantitative estimate of drug-likeness (QED) is 0.683. The molecule has 0 radical (unpaired) electrons. The molecule has 0 aromatic carbocycles. The number of aliphatic hydroxyl groups is 1. The summed E-state index contributed by atoms with van der Waals surface area (Å²) in [7, 11) is 0. The fourth-order valence-electron chi connectivity index (χ4n) is 4.61. The van der Waals surface area contributed by atoms with Gasteiger partial charge in [0, 0.05) is 43.3 Å². The molecule has 0 unspecified atom stereocenters. The Balaban J connectivity index is 2.22. The van der Waals surface area contributed by atoms with Crippen LogP contribution >= 0.6 is 0 Å². The van der Waals surface area contributed by atoms with E-state index in [-0.39, 0.29) is 35.5 Å². The van der Waals surface area contributed by atoms with Crippen LogP contribution in [0.5, 0.6) is 0 Å². The standard InChI is InChI=1S/C24H26O7/c1-11(30-14(4)25)9-17-21(28)22(29)20-16(23(17)31-15(5)26)7-8-18-12(2)13(3)19(27)10-24(18,20)6/h7-8,11,29H,9-10H2,1-6H3/t11-,24-/m0/s1. The summed E-state index contributed by atoms with van der Waals surface area (Å²) >= 11 is 0. The van der Waals surface area contributed by atoms with Crippen molar-refractivity contribution in [3.05, 3.63) is 57.1 Å². The highest BCUT2D eigenvalue weighted by atomic mass is 16.5. The van der Waals surface area contributed by atoms with Gasteiger partial charge in [-0.25, -0.2) is 0 Å². The van der Waals surface area contributed by atoms with Crippen molar-refractivity contribution in [1.29, 1.82) is 0 Å². The highest BCUT2D eigenvalue weighted by Gasteiger charge is 2.49. The molecule has 3 aliphatic rings. The van der Waals surface area contributed by atoms with E-state index in [9.17, 15) is 24.3 Å². The molecule has 0 aromatic rings. The van der Waals surface area contributed by atoms with E-state index in [0.717, 1.165) is 11.1 Å². The Bertz CT molecular complexity index is 1080. The molecular weight excluding hydrogens is 400 g/mol. The number of fused-ring (bicyclic) bond motifs is 3. The average molecular weight is 426 g/mol. The van der Waals surface area contributed by atoms with Gasteiger partial charge in [-0.05, 0) is 37.5 Å². The molecule has 0 amide bonds. The van der Waals surface area contributed by atoms with Gasteiger partial charge in [-0.15, -0.1) is 0 Å². The van der Waals surface area contributed by atoms with Gasteiger partial charge >= 0.3 is 11.9 Å². The summed E-state index contributed by atoms with van der Waals surface area (Å²) in [6, 6.07) is 0. The van der Waals surface area contributed by atoms with Crippen molar-refractivity contribution in [2.24, 2.45) is 5.41 Å². The van der Waals surface area contributed by atoms with Crippen molar-refractivity contribution >= 4 is 23.5 Å². The molecule has 0 saturated carbocycles. The highest BCUT2D eigenvalue weighted by molar-refractivity contribution is 6.11. The average Bonchev–Trinajstić information content (AvgIpc) is 2.65. The number of carbonyl (C=O) groups is 4. The molecule has 31 heavy (non-hydrogen) atoms. The smallest absolute Gasteiger partial charge is 0.308 e. The molecule has 3 rings (SSSR count). The molecule has 0 saturated heterocycles. The van der Waals surface area contributed by atoms with Gasteiger partial charge < -0.3 is 14.6 Å². The Kier molecular flexibility index (Phi) is 5.65. The summed E-state index contributed by atoms with van der Waals surface area (Å²) < 4.78 is 10.6. The summed E-state index contributed by atoms with van der Waals surface area (Å²) in [4.78, 5) is 49.0. The van der Waals surface area contributed by atoms with Gasteiger partial charge in [-0.2, -0.15) is 0 Å². The number of esters is 2. The molecular formula is C24H26O7. The van der Waals surface area contributed by atoms with Crippen LogP contribution in [-0.4, -0.2) is 34.7 Å². The Labute approximate surface area is 180 Å². The van der Waals surface area contributed by atoms with Crippen molar-refractivity contribution in [2.75, 3.05) is 0 Å². The maximum absolute atomic E-state index is 13.2. The van der Waals surface area contributed by atoms with Gasteiger partial charge in [0.1, 0.15) is 11.9 Å². The third kappa shape index (κ3) is 3.69. The van der Waals surface area contributed by atoms with E-state index >= 15 is 0 Å². The summed E-state index contributed by atoms with van der Waals surface area (Å²) in [5.74, 6) is -2.38. The lowest BCUT2D eigenvalue weighted by Crippen LogP contribution is -2.38. The van der Waals surface area contributed by atoms with Crippen molar-refractivity contribution in [3.63, 3.8) is 0 Å². The number of aliphatic hydroxyl groups excluding tert-OH is 1. The number of hydrogen-bond acceptors (Lipinski definition) is 7. The van der Waals surface area contributed by atoms with Crippen LogP contribution < -0.4 is 0 Å². The molecule has 0 aromatic heterocycles. The topological polar surface area (TPSA) is 107 Å². The van der Waals surface area contributed by atoms with E-state index in [4.69, 9.17) is 9.47 Å². The van der Waals surface area contributed by atoms with E-state index in [0.29, 0.717) is 11.1 Å². The van der Waals surface area contributed by atoms with Crippen LogP contribution in [0.2, 0.25) is 0 Å². The van der Waals surface area contributed by atoms with E-state index in [1.54, 1.807) is 26.8 Å². The Morgan fingerprint density at radius 3 is 2.35 bits per heavy atom. The minimum atomic E-state index is -0.942. The predicted octanol–water partition coefficient (Wildman–Crippen LogP) is 3.72. The fraction of sp³-hybridized carbons (Fsp3) is 0.417. The van der Waals surface area contributed by atoms with Gasteiger partial charge in [-0.1, -0.05) is 19.1 Å². The van der Waals surface area contributed by atoms with E-state index < -0.39 is 35.0 Å². The van der Waals surface area contributed by atoms with Gasteiger partial charge in [-0.3, -0.25) is 19.2 Å². The fourth-order valence-corrected chi connectivity index (χ4v) is 4.61. The monoisotopic (exact) mass is 426 g/mol. The largest absolute Gasteiger partial charge is 0.504 e. The molecule has 7 heteroatoms. The zero-order valence-electron chi connectivity index (χ0n) is 18.5. The van der Waals surface area contributed by atoms with Crippen molar-refractivity contribution in [2.45, 2.75) is 60.5 Å². The second-order valence-electron chi connectivity index (χ2n) is 8.42. The lowest BCUT2D eigenvalue weighted by atomic mass is 9.59. The van der Waals surface area contributed by atoms with E-state index in [1.807, 2.05) is 13.0 Å². The van der Waals surface area contributed by atoms with Crippen LogP contribution in [0.1, 0.15) is 54.4 Å². The lowest BCUT2D eigenvalue weighted by Gasteiger charge is -2.43. The van der Waals surface area contributed by atoms with Gasteiger partial charge in [0.2, 0.25) is 5.78 Å². The Morgan fingerprint density at radius 1 is 1.13 bits per heavy atom. The molecule has 0 bridgehead atoms. The summed E-state index contributed by atoms with van der Waals surface area (Å²) in [5, 5.41) is 11.0. The van der Waals surface area contributed by atoms with Gasteiger partial charge in [0.15, 0.2) is 11.5 Å². The first-order chi connectivity index (χ1) is 14.4. The van der Waals surface area contributed by atoms with Crippen molar-refractivity contribution in [1.82, 2.24) is 0 Å². The number of Topliss-reactive ketones (excluding diaryl/α,β-unsaturated/α-hetero) is 2. The van der Waals surface area contributed by atoms with E-state index in [1.165, 1.54) is 13.8 Å². The number of hydrogen-bond donors (Lipinski definition) is 1.